The SMILES string of the molecule is CC(C)(C)c1noc([C@H]2C[C@](CC#N)(n3cc(-c4ncnc5[nH]ccc45)cn3)C2)n1.O=C(O)C(F)(F)F. The number of nitrogens with one attached hydrogen (secondary N) is 1. The Labute approximate surface area is 208 Å². The number of halogens is 3. The molecule has 4 aromatic rings. The maximum atomic E-state index is 10.6. The lowest BCUT2D eigenvalue weighted by Crippen LogP contribution is -2.45. The molecule has 1 aliphatic rings. The predicted octanol–water partition coefficient (Wildman–Crippen LogP) is 4.32. The number of carboxylic acid groups (broad SMARTS) is 1. The van der Waals surface area contributed by atoms with Gasteiger partial charge in [0.25, 0.3) is 0 Å². The van der Waals surface area contributed by atoms with Crippen molar-refractivity contribution >= 4 is 17.0 Å². The number of carbonyl (C=O) groups is 1. The number of nitrogens with zero attached hydrogens (tertiary/aromatic N) is 7. The molecule has 0 spiro atoms. The van der Waals surface area contributed by atoms with E-state index < -0.39 is 12.1 Å². The molecule has 4 heterocycles. The molecule has 0 aliphatic heterocycles. The summed E-state index contributed by atoms with van der Waals surface area (Å²) < 4.78 is 39.2. The van der Waals surface area contributed by atoms with Crippen molar-refractivity contribution in [1.82, 2.24) is 34.9 Å². The lowest BCUT2D eigenvalue weighted by Gasteiger charge is -2.45. The van der Waals surface area contributed by atoms with Crippen LogP contribution in [0.2, 0.25) is 0 Å². The van der Waals surface area contributed by atoms with Crippen LogP contribution in [0.4, 0.5) is 13.2 Å². The van der Waals surface area contributed by atoms with E-state index in [1.165, 1.54) is 6.33 Å². The third-order valence-electron chi connectivity index (χ3n) is 6.06. The molecule has 2 N–H and O–H groups in total. The summed E-state index contributed by atoms with van der Waals surface area (Å²) in [6.07, 6.45) is 3.90. The summed E-state index contributed by atoms with van der Waals surface area (Å²) in [5, 5.41) is 26.3. The van der Waals surface area contributed by atoms with Gasteiger partial charge in [-0.2, -0.15) is 28.5 Å². The summed E-state index contributed by atoms with van der Waals surface area (Å²) in [4.78, 5) is 25.3. The van der Waals surface area contributed by atoms with Gasteiger partial charge in [0.15, 0.2) is 5.82 Å². The van der Waals surface area contributed by atoms with Gasteiger partial charge in [0.1, 0.15) is 12.0 Å². The van der Waals surface area contributed by atoms with Gasteiger partial charge in [-0.25, -0.2) is 14.8 Å². The Balaban J connectivity index is 0.000000405. The van der Waals surface area contributed by atoms with Crippen LogP contribution in [0.1, 0.15) is 57.7 Å². The summed E-state index contributed by atoms with van der Waals surface area (Å²) in [5.41, 5.74) is 1.97. The average Bonchev–Trinajstić information content (AvgIpc) is 3.55. The fraction of sp³-hybridized carbons (Fsp3) is 0.435. The van der Waals surface area contributed by atoms with Gasteiger partial charge < -0.3 is 14.6 Å². The molecule has 0 saturated heterocycles. The topological polar surface area (TPSA) is 159 Å². The fourth-order valence-electron chi connectivity index (χ4n) is 4.10. The molecule has 0 radical (unpaired) electrons. The number of aromatic amines is 1. The molecule has 4 aromatic heterocycles. The molecule has 0 aromatic carbocycles. The fourth-order valence-corrected chi connectivity index (χ4v) is 4.10. The predicted molar refractivity (Wildman–Crippen MR) is 122 cm³/mol. The van der Waals surface area contributed by atoms with Crippen LogP contribution in [0.5, 0.6) is 0 Å². The molecule has 11 nitrogen and oxygen atoms in total. The summed E-state index contributed by atoms with van der Waals surface area (Å²) in [6, 6.07) is 4.28. The number of alkyl halides is 3. The van der Waals surface area contributed by atoms with Gasteiger partial charge in [-0.1, -0.05) is 25.9 Å². The Morgan fingerprint density at radius 1 is 1.32 bits per heavy atom. The molecular formula is C23H23F3N8O3. The first kappa shape index (κ1) is 25.8. The number of aromatic nitrogens is 7. The molecule has 14 heteroatoms. The van der Waals surface area contributed by atoms with E-state index in [-0.39, 0.29) is 16.9 Å². The van der Waals surface area contributed by atoms with E-state index in [4.69, 9.17) is 14.4 Å². The molecular weight excluding hydrogens is 493 g/mol. The third kappa shape index (κ3) is 5.16. The average molecular weight is 516 g/mol. The summed E-state index contributed by atoms with van der Waals surface area (Å²) in [6.45, 7) is 6.17. The van der Waals surface area contributed by atoms with Crippen LogP contribution in [0.25, 0.3) is 22.3 Å². The molecule has 0 atom stereocenters. The van der Waals surface area contributed by atoms with E-state index in [9.17, 15) is 18.4 Å². The Morgan fingerprint density at radius 2 is 2.03 bits per heavy atom. The number of rotatable bonds is 4. The largest absolute Gasteiger partial charge is 0.490 e. The van der Waals surface area contributed by atoms with E-state index >= 15 is 0 Å². The first-order valence-corrected chi connectivity index (χ1v) is 11.2. The van der Waals surface area contributed by atoms with Gasteiger partial charge in [0.05, 0.1) is 29.9 Å². The lowest BCUT2D eigenvalue weighted by molar-refractivity contribution is -0.192. The second kappa shape index (κ2) is 9.30. The van der Waals surface area contributed by atoms with E-state index in [1.54, 1.807) is 6.20 Å². The number of fused-ring (bicyclic) bond motifs is 1. The minimum Gasteiger partial charge on any atom is -0.475 e. The van der Waals surface area contributed by atoms with Gasteiger partial charge in [0, 0.05) is 34.7 Å². The van der Waals surface area contributed by atoms with Crippen molar-refractivity contribution in [3.05, 3.63) is 42.7 Å². The number of carboxylic acids is 1. The van der Waals surface area contributed by atoms with Crippen molar-refractivity contribution in [3.8, 4) is 17.3 Å². The zero-order valence-corrected chi connectivity index (χ0v) is 20.1. The normalized spacial score (nSPS) is 19.5. The van der Waals surface area contributed by atoms with Crippen LogP contribution in [0.3, 0.4) is 0 Å². The minimum atomic E-state index is -5.08. The Morgan fingerprint density at radius 3 is 2.62 bits per heavy atom. The first-order valence-electron chi connectivity index (χ1n) is 11.2. The lowest BCUT2D eigenvalue weighted by atomic mass is 9.66. The van der Waals surface area contributed by atoms with E-state index in [2.05, 4.69) is 57.0 Å². The number of nitriles is 1. The van der Waals surface area contributed by atoms with E-state index in [1.807, 2.05) is 23.1 Å². The summed E-state index contributed by atoms with van der Waals surface area (Å²) in [7, 11) is 0. The number of hydrogen-bond acceptors (Lipinski definition) is 8. The van der Waals surface area contributed by atoms with Crippen LogP contribution >= 0.6 is 0 Å². The molecule has 1 fully saturated rings. The highest BCUT2D eigenvalue weighted by Gasteiger charge is 2.49. The molecule has 37 heavy (non-hydrogen) atoms. The third-order valence-corrected chi connectivity index (χ3v) is 6.06. The quantitative estimate of drug-likeness (QED) is 0.403. The summed E-state index contributed by atoms with van der Waals surface area (Å²) in [5.74, 6) is -1.28. The van der Waals surface area contributed by atoms with Gasteiger partial charge in [-0.15, -0.1) is 0 Å². The van der Waals surface area contributed by atoms with Gasteiger partial charge in [-0.3, -0.25) is 4.68 Å². The Kier molecular flexibility index (Phi) is 6.49. The van der Waals surface area contributed by atoms with Gasteiger partial charge in [0.2, 0.25) is 5.89 Å². The number of aliphatic carboxylic acids is 1. The minimum absolute atomic E-state index is 0.130. The van der Waals surface area contributed by atoms with Crippen LogP contribution in [0, 0.1) is 11.3 Å². The van der Waals surface area contributed by atoms with Crippen molar-refractivity contribution in [2.45, 2.75) is 63.1 Å². The molecule has 0 unspecified atom stereocenters. The highest BCUT2D eigenvalue weighted by Crippen LogP contribution is 2.51. The maximum Gasteiger partial charge on any atom is 0.490 e. The second-order valence-electron chi connectivity index (χ2n) is 9.81. The monoisotopic (exact) mass is 516 g/mol. The van der Waals surface area contributed by atoms with Crippen LogP contribution in [-0.4, -0.2) is 52.1 Å². The summed E-state index contributed by atoms with van der Waals surface area (Å²) >= 11 is 0. The van der Waals surface area contributed by atoms with E-state index in [0.717, 1.165) is 35.1 Å². The van der Waals surface area contributed by atoms with Crippen LogP contribution < -0.4 is 0 Å². The molecule has 194 valence electrons. The highest BCUT2D eigenvalue weighted by molar-refractivity contribution is 5.90. The van der Waals surface area contributed by atoms with Crippen molar-refractivity contribution in [1.29, 1.82) is 5.26 Å². The zero-order chi connectivity index (χ0) is 27.0. The smallest absolute Gasteiger partial charge is 0.475 e. The first-order chi connectivity index (χ1) is 17.3. The molecule has 0 amide bonds. The van der Waals surface area contributed by atoms with Crippen LogP contribution in [-0.2, 0) is 15.7 Å². The standard InChI is InChI=1S/C21H22N8O.C2HF3O2/c1-20(2,3)19-27-18(30-28-19)13-8-21(9-13,5-6-22)29-11-14(10-26-29)16-15-4-7-23-17(15)25-12-24-16;3-2(4,5)1(6)7/h4,7,10-13H,5,8-9H2,1-3H3,(H,23,24,25);(H,6,7)/t13-,21-;. The number of H-pyrrole nitrogens is 1. The van der Waals surface area contributed by atoms with Crippen molar-refractivity contribution in [3.63, 3.8) is 0 Å². The molecule has 1 saturated carbocycles. The van der Waals surface area contributed by atoms with Crippen molar-refractivity contribution in [2.75, 3.05) is 0 Å². The van der Waals surface area contributed by atoms with Gasteiger partial charge >= 0.3 is 12.1 Å². The molecule has 0 bridgehead atoms. The Bertz CT molecular complexity index is 1450. The van der Waals surface area contributed by atoms with E-state index in [0.29, 0.717) is 18.1 Å². The molecule has 5 rings (SSSR count). The van der Waals surface area contributed by atoms with Gasteiger partial charge in [-0.05, 0) is 18.9 Å². The number of hydrogen-bond donors (Lipinski definition) is 2. The Hall–Kier alpha value is -4.28. The van der Waals surface area contributed by atoms with Crippen molar-refractivity contribution < 1.29 is 27.6 Å². The zero-order valence-electron chi connectivity index (χ0n) is 20.1. The van der Waals surface area contributed by atoms with Crippen molar-refractivity contribution in [2.24, 2.45) is 0 Å². The molecule has 1 aliphatic carbocycles. The second-order valence-corrected chi connectivity index (χ2v) is 9.81. The van der Waals surface area contributed by atoms with Crippen LogP contribution in [0.15, 0.2) is 35.5 Å². The highest BCUT2D eigenvalue weighted by atomic mass is 19.4. The maximum absolute atomic E-state index is 10.6.